The minimum absolute atomic E-state index is 0.0271. The fourth-order valence-electron chi connectivity index (χ4n) is 13.8. The molecule has 1 amide bonds. The van der Waals surface area contributed by atoms with Crippen molar-refractivity contribution in [3.05, 3.63) is 11.1 Å². The quantitative estimate of drug-likeness (QED) is 0.204. The maximum absolute atomic E-state index is 14.0. The number of ketones is 1. The van der Waals surface area contributed by atoms with Crippen molar-refractivity contribution >= 4 is 23.6 Å². The SMILES string of the molecule is CC(C)C1=C2[C@H]3CC[C@@H]4[C@@]5(C)CC[C@H](OC(=O)CC(C)(C)C(=O)O)C(C)(C)[C@@H]5CC[C@@]4(C)[C@]3(C)CCC2(C(O)CNC(=O)C2CCCCC2)CC1=O. The van der Waals surface area contributed by atoms with E-state index in [0.29, 0.717) is 18.3 Å². The summed E-state index contributed by atoms with van der Waals surface area (Å²) in [5.41, 5.74) is 0.159. The summed E-state index contributed by atoms with van der Waals surface area (Å²) in [5, 5.41) is 24.9. The number of aliphatic carboxylic acids is 1. The van der Waals surface area contributed by atoms with Gasteiger partial charge in [0.15, 0.2) is 5.78 Å². The molecule has 52 heavy (non-hydrogen) atoms. The van der Waals surface area contributed by atoms with Gasteiger partial charge in [-0.15, -0.1) is 0 Å². The van der Waals surface area contributed by atoms with Crippen LogP contribution in [0.3, 0.4) is 0 Å². The standard InChI is InChI=1S/C44H69NO7/c1-26(2)35-29(46)23-44(32(47)25-45-37(49)27-13-11-10-12-14-27)22-21-42(8)28(36(35)44)15-16-31-41(7)19-18-33(52-34(48)24-39(3,4)38(50)51)40(5,6)30(41)17-20-43(31,42)9/h26-28,30-33,47H,10-25H2,1-9H3,(H,45,49)(H,50,51)/t28-,30+,31-,32?,33+,41+,42-,43-,44?/m1/s1. The van der Waals surface area contributed by atoms with Gasteiger partial charge in [0.2, 0.25) is 5.91 Å². The van der Waals surface area contributed by atoms with Crippen LogP contribution in [-0.2, 0) is 23.9 Å². The highest BCUT2D eigenvalue weighted by Gasteiger charge is 2.70. The Balaban J connectivity index is 1.26. The van der Waals surface area contributed by atoms with Gasteiger partial charge in [0.1, 0.15) is 6.10 Å². The number of hydrogen-bond donors (Lipinski definition) is 3. The van der Waals surface area contributed by atoms with E-state index in [-0.39, 0.29) is 70.2 Å². The van der Waals surface area contributed by atoms with E-state index in [2.05, 4.69) is 53.8 Å². The molecule has 5 fully saturated rings. The minimum atomic E-state index is -1.17. The average Bonchev–Trinajstić information content (AvgIpc) is 3.38. The Labute approximate surface area is 313 Å². The summed E-state index contributed by atoms with van der Waals surface area (Å²) in [6, 6.07) is 0. The summed E-state index contributed by atoms with van der Waals surface area (Å²) < 4.78 is 6.16. The van der Waals surface area contributed by atoms with E-state index in [1.165, 1.54) is 12.0 Å². The first-order valence-corrected chi connectivity index (χ1v) is 20.8. The summed E-state index contributed by atoms with van der Waals surface area (Å²) >= 11 is 0. The van der Waals surface area contributed by atoms with Crippen molar-refractivity contribution in [3.63, 3.8) is 0 Å². The molecule has 292 valence electrons. The molecule has 0 bridgehead atoms. The van der Waals surface area contributed by atoms with E-state index in [1.807, 2.05) is 0 Å². The van der Waals surface area contributed by atoms with Crippen molar-refractivity contribution in [1.82, 2.24) is 5.32 Å². The van der Waals surface area contributed by atoms with E-state index in [9.17, 15) is 29.4 Å². The summed E-state index contributed by atoms with van der Waals surface area (Å²) in [6.07, 6.45) is 11.9. The predicted octanol–water partition coefficient (Wildman–Crippen LogP) is 8.44. The van der Waals surface area contributed by atoms with Gasteiger partial charge in [0, 0.05) is 29.7 Å². The van der Waals surface area contributed by atoms with Gasteiger partial charge in [-0.3, -0.25) is 19.2 Å². The van der Waals surface area contributed by atoms with Crippen LogP contribution in [0.5, 0.6) is 0 Å². The van der Waals surface area contributed by atoms with Crippen molar-refractivity contribution in [1.29, 1.82) is 0 Å². The zero-order valence-corrected chi connectivity index (χ0v) is 33.8. The maximum atomic E-state index is 14.0. The number of amides is 1. The second kappa shape index (κ2) is 13.5. The molecule has 6 aliphatic carbocycles. The molecule has 0 spiro atoms. The number of ether oxygens (including phenoxy) is 1. The van der Waals surface area contributed by atoms with Crippen LogP contribution in [0.2, 0.25) is 0 Å². The van der Waals surface area contributed by atoms with Crippen molar-refractivity contribution in [2.75, 3.05) is 6.54 Å². The third-order valence-electron chi connectivity index (χ3n) is 16.9. The smallest absolute Gasteiger partial charge is 0.309 e. The number of rotatable bonds is 9. The zero-order valence-electron chi connectivity index (χ0n) is 33.8. The van der Waals surface area contributed by atoms with Gasteiger partial charge >= 0.3 is 11.9 Å². The molecule has 5 saturated carbocycles. The highest BCUT2D eigenvalue weighted by molar-refractivity contribution is 6.00. The lowest BCUT2D eigenvalue weighted by Gasteiger charge is -2.72. The number of esters is 1. The number of carbonyl (C=O) groups is 4. The van der Waals surface area contributed by atoms with Gasteiger partial charge in [0.25, 0.3) is 0 Å². The van der Waals surface area contributed by atoms with Crippen LogP contribution in [0.4, 0.5) is 0 Å². The van der Waals surface area contributed by atoms with E-state index in [4.69, 9.17) is 4.74 Å². The van der Waals surface area contributed by atoms with E-state index in [1.54, 1.807) is 13.8 Å². The Hall–Kier alpha value is -2.22. The summed E-state index contributed by atoms with van der Waals surface area (Å²) in [4.78, 5) is 52.0. The molecule has 0 saturated heterocycles. The van der Waals surface area contributed by atoms with Gasteiger partial charge in [-0.2, -0.15) is 0 Å². The number of nitrogens with one attached hydrogen (secondary N) is 1. The third kappa shape index (κ3) is 6.02. The van der Waals surface area contributed by atoms with E-state index >= 15 is 0 Å². The number of aliphatic hydroxyl groups excluding tert-OH is 1. The van der Waals surface area contributed by atoms with Crippen LogP contribution in [0.1, 0.15) is 159 Å². The van der Waals surface area contributed by atoms with Crippen LogP contribution in [0.15, 0.2) is 11.1 Å². The lowest BCUT2D eigenvalue weighted by Crippen LogP contribution is -2.66. The number of allylic oxidation sites excluding steroid dienone is 1. The van der Waals surface area contributed by atoms with Crippen LogP contribution >= 0.6 is 0 Å². The molecule has 8 heteroatoms. The molecular formula is C44H69NO7. The number of carboxylic acid groups (broad SMARTS) is 1. The monoisotopic (exact) mass is 724 g/mol. The van der Waals surface area contributed by atoms with Crippen molar-refractivity contribution in [3.8, 4) is 0 Å². The third-order valence-corrected chi connectivity index (χ3v) is 16.9. The molecule has 2 unspecified atom stereocenters. The number of aliphatic hydroxyl groups is 1. The Morgan fingerprint density at radius 3 is 2.17 bits per heavy atom. The lowest BCUT2D eigenvalue weighted by atomic mass is 9.33. The molecule has 0 aromatic rings. The fourth-order valence-corrected chi connectivity index (χ4v) is 13.8. The molecule has 0 heterocycles. The van der Waals surface area contributed by atoms with Gasteiger partial charge in [-0.25, -0.2) is 0 Å². The molecule has 0 aromatic heterocycles. The number of Topliss-reactive ketones (excluding diaryl/α,β-unsaturated/α-hetero) is 1. The highest BCUT2D eigenvalue weighted by Crippen LogP contribution is 2.77. The first kappa shape index (κ1) is 39.5. The first-order valence-electron chi connectivity index (χ1n) is 20.8. The van der Waals surface area contributed by atoms with Gasteiger partial charge in [-0.1, -0.05) is 73.3 Å². The molecule has 0 aromatic carbocycles. The molecule has 6 aliphatic rings. The van der Waals surface area contributed by atoms with Gasteiger partial charge in [0.05, 0.1) is 17.9 Å². The van der Waals surface area contributed by atoms with E-state index < -0.39 is 28.9 Å². The molecular weight excluding hydrogens is 654 g/mol. The number of carboxylic acids is 1. The Bertz CT molecular complexity index is 1490. The van der Waals surface area contributed by atoms with Gasteiger partial charge < -0.3 is 20.3 Å². The molecule has 0 radical (unpaired) electrons. The summed E-state index contributed by atoms with van der Waals surface area (Å²) in [5.74, 6) is -0.0352. The Morgan fingerprint density at radius 2 is 1.54 bits per heavy atom. The number of hydrogen-bond acceptors (Lipinski definition) is 6. The fraction of sp³-hybridized carbons (Fsp3) is 0.864. The molecule has 6 rings (SSSR count). The molecule has 8 nitrogen and oxygen atoms in total. The molecule has 9 atom stereocenters. The van der Waals surface area contributed by atoms with Crippen LogP contribution in [-0.4, -0.2) is 52.6 Å². The lowest BCUT2D eigenvalue weighted by molar-refractivity contribution is -0.235. The summed E-state index contributed by atoms with van der Waals surface area (Å²) in [6.45, 7) is 19.7. The first-order chi connectivity index (χ1) is 24.2. The van der Waals surface area contributed by atoms with Crippen molar-refractivity contribution < 1.29 is 34.1 Å². The second-order valence-electron chi connectivity index (χ2n) is 20.7. The van der Waals surface area contributed by atoms with Crippen LogP contribution in [0, 0.1) is 62.1 Å². The maximum Gasteiger partial charge on any atom is 0.309 e. The highest BCUT2D eigenvalue weighted by atomic mass is 16.5. The van der Waals surface area contributed by atoms with Crippen molar-refractivity contribution in [2.45, 2.75) is 171 Å². The Morgan fingerprint density at radius 1 is 0.865 bits per heavy atom. The second-order valence-corrected chi connectivity index (χ2v) is 20.7. The predicted molar refractivity (Wildman–Crippen MR) is 201 cm³/mol. The van der Waals surface area contributed by atoms with Crippen LogP contribution in [0.25, 0.3) is 0 Å². The summed E-state index contributed by atoms with van der Waals surface area (Å²) in [7, 11) is 0. The minimum Gasteiger partial charge on any atom is -0.481 e. The topological polar surface area (TPSA) is 130 Å². The van der Waals surface area contributed by atoms with Gasteiger partial charge in [-0.05, 0) is 124 Å². The molecule has 3 N–H and O–H groups in total. The van der Waals surface area contributed by atoms with Crippen LogP contribution < -0.4 is 5.32 Å². The number of carbonyl (C=O) groups excluding carboxylic acids is 3. The van der Waals surface area contributed by atoms with E-state index in [0.717, 1.165) is 82.6 Å². The van der Waals surface area contributed by atoms with Crippen molar-refractivity contribution in [2.24, 2.45) is 62.1 Å². The number of fused-ring (bicyclic) bond motifs is 7. The zero-order chi connectivity index (χ0) is 38.2. The largest absolute Gasteiger partial charge is 0.481 e. The average molecular weight is 724 g/mol. The molecule has 0 aliphatic heterocycles. The Kier molecular flexibility index (Phi) is 10.3. The normalized spacial score (nSPS) is 39.6.